The second-order valence-electron chi connectivity index (χ2n) is 6.76. The van der Waals surface area contributed by atoms with Crippen molar-refractivity contribution in [3.63, 3.8) is 0 Å². The van der Waals surface area contributed by atoms with Crippen molar-refractivity contribution >= 4 is 60.5 Å². The number of ether oxygens (including phenoxy) is 2. The van der Waals surface area contributed by atoms with Gasteiger partial charge in [0.25, 0.3) is 11.8 Å². The van der Waals surface area contributed by atoms with Crippen LogP contribution >= 0.6 is 27.3 Å². The van der Waals surface area contributed by atoms with Gasteiger partial charge in [-0.15, -0.1) is 11.3 Å². The maximum atomic E-state index is 12.8. The molecule has 4 aromatic rings. The summed E-state index contributed by atoms with van der Waals surface area (Å²) in [6.07, 6.45) is 0. The normalized spacial score (nSPS) is 10.6. The lowest BCUT2D eigenvalue weighted by Gasteiger charge is -2.13. The number of carbonyl (C=O) groups is 2. The van der Waals surface area contributed by atoms with Crippen molar-refractivity contribution in [2.75, 3.05) is 24.9 Å². The molecule has 0 unspecified atom stereocenters. The highest BCUT2D eigenvalue weighted by Crippen LogP contribution is 2.36. The van der Waals surface area contributed by atoms with Crippen LogP contribution in [0.3, 0.4) is 0 Å². The summed E-state index contributed by atoms with van der Waals surface area (Å²) in [6.45, 7) is 0. The van der Waals surface area contributed by atoms with Gasteiger partial charge in [0.05, 0.1) is 14.2 Å². The molecule has 0 aliphatic rings. The summed E-state index contributed by atoms with van der Waals surface area (Å²) in [4.78, 5) is 26.2. The molecule has 32 heavy (non-hydrogen) atoms. The number of halogens is 1. The number of benzene rings is 3. The van der Waals surface area contributed by atoms with Crippen LogP contribution in [0.15, 0.2) is 71.2 Å². The average molecular weight is 511 g/mol. The van der Waals surface area contributed by atoms with Gasteiger partial charge in [-0.3, -0.25) is 9.59 Å². The molecule has 0 fully saturated rings. The smallest absolute Gasteiger partial charge is 0.266 e. The van der Waals surface area contributed by atoms with Gasteiger partial charge in [-0.05, 0) is 58.4 Å². The Morgan fingerprint density at radius 3 is 1.91 bits per heavy atom. The Kier molecular flexibility index (Phi) is 6.43. The number of anilines is 2. The molecule has 0 radical (unpaired) electrons. The number of rotatable bonds is 6. The third-order valence-corrected chi connectivity index (χ3v) is 7.05. The highest BCUT2D eigenvalue weighted by Gasteiger charge is 2.19. The van der Waals surface area contributed by atoms with Gasteiger partial charge < -0.3 is 20.1 Å². The van der Waals surface area contributed by atoms with Crippen molar-refractivity contribution in [3.8, 4) is 11.5 Å². The molecule has 2 N–H and O–H groups in total. The molecule has 0 saturated heterocycles. The maximum absolute atomic E-state index is 12.8. The predicted octanol–water partition coefficient (Wildman–Crippen LogP) is 6.19. The number of hydrogen-bond donors (Lipinski definition) is 2. The van der Waals surface area contributed by atoms with E-state index in [4.69, 9.17) is 9.47 Å². The van der Waals surface area contributed by atoms with E-state index in [1.54, 1.807) is 42.5 Å². The van der Waals surface area contributed by atoms with Gasteiger partial charge in [-0.2, -0.15) is 0 Å². The molecule has 4 rings (SSSR count). The Hall–Kier alpha value is -3.36. The van der Waals surface area contributed by atoms with Gasteiger partial charge in [0.15, 0.2) is 0 Å². The summed E-state index contributed by atoms with van der Waals surface area (Å²) in [6, 6.07) is 19.9. The molecule has 0 atom stereocenters. The molecule has 1 aromatic heterocycles. The maximum Gasteiger partial charge on any atom is 0.266 e. The summed E-state index contributed by atoms with van der Waals surface area (Å²) >= 11 is 4.96. The zero-order valence-electron chi connectivity index (χ0n) is 17.3. The molecule has 8 heteroatoms. The molecule has 0 aliphatic carbocycles. The van der Waals surface area contributed by atoms with Crippen molar-refractivity contribution in [1.29, 1.82) is 0 Å². The zero-order valence-corrected chi connectivity index (χ0v) is 19.7. The van der Waals surface area contributed by atoms with Crippen molar-refractivity contribution in [2.24, 2.45) is 0 Å². The van der Waals surface area contributed by atoms with Crippen LogP contribution in [0.1, 0.15) is 20.0 Å². The fourth-order valence-electron chi connectivity index (χ4n) is 3.25. The molecular formula is C24H19BrN2O4S. The Balaban J connectivity index is 1.48. The summed E-state index contributed by atoms with van der Waals surface area (Å²) in [5, 5.41) is 6.73. The van der Waals surface area contributed by atoms with E-state index in [0.29, 0.717) is 33.3 Å². The zero-order chi connectivity index (χ0) is 22.7. The van der Waals surface area contributed by atoms with Gasteiger partial charge in [0, 0.05) is 25.9 Å². The van der Waals surface area contributed by atoms with E-state index in [-0.39, 0.29) is 11.8 Å². The van der Waals surface area contributed by atoms with Crippen LogP contribution in [-0.2, 0) is 0 Å². The predicted molar refractivity (Wildman–Crippen MR) is 131 cm³/mol. The first-order chi connectivity index (χ1) is 15.5. The van der Waals surface area contributed by atoms with E-state index >= 15 is 0 Å². The van der Waals surface area contributed by atoms with E-state index in [0.717, 1.165) is 14.6 Å². The van der Waals surface area contributed by atoms with E-state index in [1.165, 1.54) is 25.6 Å². The van der Waals surface area contributed by atoms with Crippen molar-refractivity contribution in [1.82, 2.24) is 0 Å². The molecular weight excluding hydrogens is 492 g/mol. The highest BCUT2D eigenvalue weighted by molar-refractivity contribution is 9.10. The van der Waals surface area contributed by atoms with Gasteiger partial charge in [-0.1, -0.05) is 24.3 Å². The fourth-order valence-corrected chi connectivity index (χ4v) is 5.14. The molecule has 0 aliphatic heterocycles. The first kappa shape index (κ1) is 21.9. The quantitative estimate of drug-likeness (QED) is 0.324. The summed E-state index contributed by atoms with van der Waals surface area (Å²) in [7, 11) is 3.00. The van der Waals surface area contributed by atoms with Crippen LogP contribution in [0.25, 0.3) is 10.1 Å². The average Bonchev–Trinajstić information content (AvgIpc) is 3.16. The van der Waals surface area contributed by atoms with Crippen LogP contribution in [-0.4, -0.2) is 26.0 Å². The molecule has 162 valence electrons. The lowest BCUT2D eigenvalue weighted by molar-refractivity contribution is 0.101. The van der Waals surface area contributed by atoms with Crippen LogP contribution < -0.4 is 20.1 Å². The molecule has 2 amide bonds. The molecule has 0 spiro atoms. The summed E-state index contributed by atoms with van der Waals surface area (Å²) in [5.74, 6) is 0.276. The van der Waals surface area contributed by atoms with Crippen LogP contribution in [0.4, 0.5) is 11.4 Å². The first-order valence-corrected chi connectivity index (χ1v) is 11.2. The molecule has 6 nitrogen and oxygen atoms in total. The largest absolute Gasteiger partial charge is 0.496 e. The third kappa shape index (κ3) is 4.32. The first-order valence-electron chi connectivity index (χ1n) is 9.62. The number of hydrogen-bond acceptors (Lipinski definition) is 5. The topological polar surface area (TPSA) is 76.7 Å². The number of methoxy groups -OCH3 is 2. The number of amides is 2. The second kappa shape index (κ2) is 9.42. The van der Waals surface area contributed by atoms with Crippen molar-refractivity contribution < 1.29 is 19.1 Å². The second-order valence-corrected chi connectivity index (χ2v) is 8.61. The van der Waals surface area contributed by atoms with Gasteiger partial charge in [0.1, 0.15) is 21.9 Å². The Morgan fingerprint density at radius 2 is 1.34 bits per heavy atom. The lowest BCUT2D eigenvalue weighted by atomic mass is 10.1. The van der Waals surface area contributed by atoms with Crippen LogP contribution in [0.2, 0.25) is 0 Å². The Labute approximate surface area is 197 Å². The van der Waals surface area contributed by atoms with Crippen LogP contribution in [0.5, 0.6) is 11.5 Å². The fraction of sp³-hybridized carbons (Fsp3) is 0.0833. The number of fused-ring (bicyclic) bond motifs is 1. The van der Waals surface area contributed by atoms with Crippen molar-refractivity contribution in [3.05, 3.63) is 81.6 Å². The van der Waals surface area contributed by atoms with Crippen LogP contribution in [0, 0.1) is 0 Å². The van der Waals surface area contributed by atoms with E-state index in [1.807, 2.05) is 24.3 Å². The monoisotopic (exact) mass is 510 g/mol. The summed E-state index contributed by atoms with van der Waals surface area (Å²) in [5.41, 5.74) is 1.50. The molecule has 3 aromatic carbocycles. The van der Waals surface area contributed by atoms with Gasteiger partial charge in [-0.25, -0.2) is 0 Å². The van der Waals surface area contributed by atoms with Gasteiger partial charge in [0.2, 0.25) is 0 Å². The number of thiophene rings is 1. The van der Waals surface area contributed by atoms with E-state index < -0.39 is 0 Å². The van der Waals surface area contributed by atoms with E-state index in [9.17, 15) is 9.59 Å². The minimum Gasteiger partial charge on any atom is -0.496 e. The minimum absolute atomic E-state index is 0.200. The number of carbonyl (C=O) groups excluding carboxylic acids is 2. The molecule has 1 heterocycles. The van der Waals surface area contributed by atoms with Gasteiger partial charge >= 0.3 is 0 Å². The third-order valence-electron chi connectivity index (χ3n) is 4.80. The lowest BCUT2D eigenvalue weighted by Crippen LogP contribution is -2.15. The minimum atomic E-state index is -0.356. The molecule has 0 saturated carbocycles. The summed E-state index contributed by atoms with van der Waals surface area (Å²) < 4.78 is 12.4. The standard InChI is InChI=1S/C24H19BrN2O4S/c1-30-17-7-5-8-18(31-2)20(17)23(28)26-14-10-12-15(13-11-14)27-24(29)22-21(25)16-6-3-4-9-19(16)32-22/h3-13H,1-2H3,(H,26,28)(H,27,29). The Morgan fingerprint density at radius 1 is 0.781 bits per heavy atom. The SMILES string of the molecule is COc1cccc(OC)c1C(=O)Nc1ccc(NC(=O)c2sc3ccccc3c2Br)cc1. The molecule has 0 bridgehead atoms. The highest BCUT2D eigenvalue weighted by atomic mass is 79.9. The van der Waals surface area contributed by atoms with Crippen molar-refractivity contribution in [2.45, 2.75) is 0 Å². The Bertz CT molecular complexity index is 1280. The van der Waals surface area contributed by atoms with E-state index in [2.05, 4.69) is 26.6 Å². The number of nitrogens with one attached hydrogen (secondary N) is 2.